The van der Waals surface area contributed by atoms with Crippen molar-refractivity contribution in [1.29, 1.82) is 0 Å². The molecule has 6 nitrogen and oxygen atoms in total. The first-order valence-electron chi connectivity index (χ1n) is 9.06. The Hall–Kier alpha value is -2.63. The number of carbonyl (C=O) groups excluding carboxylic acids is 1. The SMILES string of the molecule is CCc1c(C(=O)N2CCCC(C)(C(=O)O)C2)cnn1Cc1ccccc1. The van der Waals surface area contributed by atoms with Crippen LogP contribution in [0.1, 0.15) is 48.3 Å². The van der Waals surface area contributed by atoms with Gasteiger partial charge in [0.25, 0.3) is 5.91 Å². The molecule has 1 amide bonds. The van der Waals surface area contributed by atoms with Crippen molar-refractivity contribution in [2.45, 2.75) is 39.7 Å². The minimum absolute atomic E-state index is 0.117. The molecule has 1 N–H and O–H groups in total. The Bertz CT molecular complexity index is 800. The van der Waals surface area contributed by atoms with E-state index in [1.165, 1.54) is 0 Å². The second kappa shape index (κ2) is 7.32. The summed E-state index contributed by atoms with van der Waals surface area (Å²) in [5, 5.41) is 13.9. The summed E-state index contributed by atoms with van der Waals surface area (Å²) >= 11 is 0. The molecule has 6 heteroatoms. The maximum atomic E-state index is 13.0. The number of benzene rings is 1. The van der Waals surface area contributed by atoms with E-state index in [2.05, 4.69) is 5.10 Å². The molecule has 1 aliphatic heterocycles. The number of piperidine rings is 1. The van der Waals surface area contributed by atoms with E-state index >= 15 is 0 Å². The standard InChI is InChI=1S/C20H25N3O3/c1-3-17-16(12-21-23(17)13-15-8-5-4-6-9-15)18(24)22-11-7-10-20(2,14-22)19(25)26/h4-6,8-9,12H,3,7,10-11,13-14H2,1-2H3,(H,25,26). The molecular formula is C20H25N3O3. The number of nitrogens with zero attached hydrogens (tertiary/aromatic N) is 3. The van der Waals surface area contributed by atoms with Gasteiger partial charge in [0.1, 0.15) is 0 Å². The minimum atomic E-state index is -0.875. The van der Waals surface area contributed by atoms with E-state index in [9.17, 15) is 14.7 Å². The Kier molecular flexibility index (Phi) is 5.11. The molecule has 1 atom stereocenters. The predicted octanol–water partition coefficient (Wildman–Crippen LogP) is 2.82. The molecule has 0 spiro atoms. The normalized spacial score (nSPS) is 20.2. The number of aliphatic carboxylic acids is 1. The topological polar surface area (TPSA) is 75.4 Å². The number of likely N-dealkylation sites (tertiary alicyclic amines) is 1. The molecule has 2 aromatic rings. The largest absolute Gasteiger partial charge is 0.481 e. The van der Waals surface area contributed by atoms with Gasteiger partial charge in [0.2, 0.25) is 0 Å². The lowest BCUT2D eigenvalue weighted by atomic mass is 9.82. The number of hydrogen-bond donors (Lipinski definition) is 1. The number of carboxylic acids is 1. The third kappa shape index (κ3) is 3.49. The number of rotatable bonds is 5. The summed E-state index contributed by atoms with van der Waals surface area (Å²) < 4.78 is 1.86. The van der Waals surface area contributed by atoms with Gasteiger partial charge >= 0.3 is 5.97 Å². The molecule has 3 rings (SSSR count). The average molecular weight is 355 g/mol. The molecule has 26 heavy (non-hydrogen) atoms. The van der Waals surface area contributed by atoms with Crippen LogP contribution >= 0.6 is 0 Å². The number of carboxylic acid groups (broad SMARTS) is 1. The van der Waals surface area contributed by atoms with Crippen molar-refractivity contribution in [2.24, 2.45) is 5.41 Å². The van der Waals surface area contributed by atoms with Gasteiger partial charge in [-0.2, -0.15) is 5.10 Å². The summed E-state index contributed by atoms with van der Waals surface area (Å²) in [5.41, 5.74) is 1.72. The number of hydrogen-bond acceptors (Lipinski definition) is 3. The minimum Gasteiger partial charge on any atom is -0.481 e. The quantitative estimate of drug-likeness (QED) is 0.895. The number of aromatic nitrogens is 2. The summed E-state index contributed by atoms with van der Waals surface area (Å²) in [6, 6.07) is 10.0. The third-order valence-corrected chi connectivity index (χ3v) is 5.19. The van der Waals surface area contributed by atoms with Crippen molar-refractivity contribution in [3.8, 4) is 0 Å². The molecule has 1 aromatic heterocycles. The summed E-state index contributed by atoms with van der Waals surface area (Å²) in [5.74, 6) is -0.959. The summed E-state index contributed by atoms with van der Waals surface area (Å²) in [4.78, 5) is 26.3. The van der Waals surface area contributed by atoms with E-state index in [0.717, 1.165) is 11.3 Å². The zero-order chi connectivity index (χ0) is 18.7. The molecule has 2 heterocycles. The fourth-order valence-corrected chi connectivity index (χ4v) is 3.61. The number of carbonyl (C=O) groups is 2. The van der Waals surface area contributed by atoms with Gasteiger partial charge in [-0.15, -0.1) is 0 Å². The van der Waals surface area contributed by atoms with Crippen molar-refractivity contribution in [3.63, 3.8) is 0 Å². The van der Waals surface area contributed by atoms with E-state index in [4.69, 9.17) is 0 Å². The highest BCUT2D eigenvalue weighted by Crippen LogP contribution is 2.30. The van der Waals surface area contributed by atoms with E-state index in [1.54, 1.807) is 18.0 Å². The molecule has 1 fully saturated rings. The number of amides is 1. The molecular weight excluding hydrogens is 330 g/mol. The van der Waals surface area contributed by atoms with Gasteiger partial charge in [-0.1, -0.05) is 37.3 Å². The highest BCUT2D eigenvalue weighted by atomic mass is 16.4. The lowest BCUT2D eigenvalue weighted by Crippen LogP contribution is -2.48. The third-order valence-electron chi connectivity index (χ3n) is 5.19. The van der Waals surface area contributed by atoms with Crippen molar-refractivity contribution in [1.82, 2.24) is 14.7 Å². The van der Waals surface area contributed by atoms with E-state index < -0.39 is 11.4 Å². The first-order valence-corrected chi connectivity index (χ1v) is 9.06. The zero-order valence-corrected chi connectivity index (χ0v) is 15.3. The fraction of sp³-hybridized carbons (Fsp3) is 0.450. The maximum absolute atomic E-state index is 13.0. The lowest BCUT2D eigenvalue weighted by Gasteiger charge is -2.37. The van der Waals surface area contributed by atoms with E-state index in [1.807, 2.05) is 41.9 Å². The molecule has 0 saturated carbocycles. The Morgan fingerprint density at radius 1 is 1.27 bits per heavy atom. The lowest BCUT2D eigenvalue weighted by molar-refractivity contribution is -0.150. The predicted molar refractivity (Wildman–Crippen MR) is 98.0 cm³/mol. The second-order valence-corrected chi connectivity index (χ2v) is 7.20. The van der Waals surface area contributed by atoms with Crippen molar-refractivity contribution in [3.05, 3.63) is 53.3 Å². The van der Waals surface area contributed by atoms with Crippen molar-refractivity contribution >= 4 is 11.9 Å². The van der Waals surface area contributed by atoms with Crippen molar-refractivity contribution in [2.75, 3.05) is 13.1 Å². The van der Waals surface area contributed by atoms with Crippen LogP contribution in [0.3, 0.4) is 0 Å². The van der Waals surface area contributed by atoms with Crippen LogP contribution in [0.2, 0.25) is 0 Å². The maximum Gasteiger partial charge on any atom is 0.311 e. The van der Waals surface area contributed by atoms with Gasteiger partial charge in [-0.3, -0.25) is 14.3 Å². The smallest absolute Gasteiger partial charge is 0.311 e. The van der Waals surface area contributed by atoms with E-state index in [-0.39, 0.29) is 12.5 Å². The molecule has 138 valence electrons. The highest BCUT2D eigenvalue weighted by Gasteiger charge is 2.40. The molecule has 0 radical (unpaired) electrons. The van der Waals surface area contributed by atoms with Crippen LogP contribution in [0.15, 0.2) is 36.5 Å². The Morgan fingerprint density at radius 3 is 2.65 bits per heavy atom. The van der Waals surface area contributed by atoms with Crippen LogP contribution < -0.4 is 0 Å². The van der Waals surface area contributed by atoms with Crippen LogP contribution in [0.25, 0.3) is 0 Å². The molecule has 0 bridgehead atoms. The van der Waals surface area contributed by atoms with Crippen molar-refractivity contribution < 1.29 is 14.7 Å². The molecule has 1 aliphatic rings. The monoisotopic (exact) mass is 355 g/mol. The summed E-state index contributed by atoms with van der Waals surface area (Å²) in [7, 11) is 0. The van der Waals surface area contributed by atoms with Gasteiger partial charge in [0, 0.05) is 13.1 Å². The van der Waals surface area contributed by atoms with Crippen LogP contribution in [0, 0.1) is 5.41 Å². The molecule has 0 aliphatic carbocycles. The summed E-state index contributed by atoms with van der Waals surface area (Å²) in [6.45, 7) is 5.17. The Labute approximate surface area is 153 Å². The van der Waals surface area contributed by atoms with Crippen LogP contribution in [0.4, 0.5) is 0 Å². The highest BCUT2D eigenvalue weighted by molar-refractivity contribution is 5.95. The van der Waals surface area contributed by atoms with Crippen LogP contribution in [-0.4, -0.2) is 44.8 Å². The van der Waals surface area contributed by atoms with Gasteiger partial charge in [-0.05, 0) is 31.7 Å². The van der Waals surface area contributed by atoms with Gasteiger partial charge < -0.3 is 10.0 Å². The van der Waals surface area contributed by atoms with Crippen LogP contribution in [0.5, 0.6) is 0 Å². The van der Waals surface area contributed by atoms with Gasteiger partial charge in [-0.25, -0.2) is 0 Å². The van der Waals surface area contributed by atoms with Gasteiger partial charge in [0.05, 0.1) is 29.4 Å². The molecule has 1 unspecified atom stereocenters. The first-order chi connectivity index (χ1) is 12.4. The molecule has 1 saturated heterocycles. The zero-order valence-electron chi connectivity index (χ0n) is 15.3. The average Bonchev–Trinajstić information content (AvgIpc) is 3.04. The van der Waals surface area contributed by atoms with Crippen LogP contribution in [-0.2, 0) is 17.8 Å². The van der Waals surface area contributed by atoms with E-state index in [0.29, 0.717) is 37.9 Å². The second-order valence-electron chi connectivity index (χ2n) is 7.20. The van der Waals surface area contributed by atoms with Gasteiger partial charge in [0.15, 0.2) is 0 Å². The summed E-state index contributed by atoms with van der Waals surface area (Å²) in [6.07, 6.45) is 3.61. The first kappa shape index (κ1) is 18.2. The Morgan fingerprint density at radius 2 is 2.00 bits per heavy atom. The molecule has 1 aromatic carbocycles. The Balaban J connectivity index is 1.82. The fourth-order valence-electron chi connectivity index (χ4n) is 3.61.